The monoisotopic (exact) mass is 320 g/mol. The number of imide groups is 1. The fourth-order valence-corrected chi connectivity index (χ4v) is 2.35. The number of hydrogen-bond donors (Lipinski definition) is 3. The molecule has 1 fully saturated rings. The molecule has 0 saturated carbocycles. The minimum atomic E-state index is -0.427. The molecule has 1 atom stereocenters. The molecular formula is C14H29ClN4O2. The van der Waals surface area contributed by atoms with E-state index < -0.39 is 6.03 Å². The van der Waals surface area contributed by atoms with Gasteiger partial charge in [0.2, 0.25) is 5.91 Å². The van der Waals surface area contributed by atoms with Crippen molar-refractivity contribution >= 4 is 24.3 Å². The largest absolute Gasteiger partial charge is 0.333 e. The van der Waals surface area contributed by atoms with Gasteiger partial charge >= 0.3 is 6.03 Å². The number of halogens is 1. The summed E-state index contributed by atoms with van der Waals surface area (Å²) in [4.78, 5) is 25.8. The van der Waals surface area contributed by atoms with Crippen LogP contribution in [0.2, 0.25) is 0 Å². The SMILES string of the molecule is CCCN(CC(=O)NC(=O)NC(C)(C)C)C1CCNC1.Cl. The molecule has 0 aromatic rings. The molecule has 0 aromatic heterocycles. The lowest BCUT2D eigenvalue weighted by Gasteiger charge is -2.27. The van der Waals surface area contributed by atoms with Crippen LogP contribution in [0.3, 0.4) is 0 Å². The molecule has 7 heteroatoms. The van der Waals surface area contributed by atoms with Gasteiger partial charge in [0.1, 0.15) is 0 Å². The number of rotatable bonds is 5. The molecule has 6 nitrogen and oxygen atoms in total. The van der Waals surface area contributed by atoms with Gasteiger partial charge in [0, 0.05) is 18.1 Å². The number of hydrogen-bond acceptors (Lipinski definition) is 4. The highest BCUT2D eigenvalue weighted by molar-refractivity contribution is 5.95. The van der Waals surface area contributed by atoms with Crippen LogP contribution in [0.25, 0.3) is 0 Å². The van der Waals surface area contributed by atoms with Crippen molar-refractivity contribution in [2.45, 2.75) is 52.1 Å². The summed E-state index contributed by atoms with van der Waals surface area (Å²) in [6.07, 6.45) is 2.05. The Bertz CT molecular complexity index is 338. The van der Waals surface area contributed by atoms with Gasteiger partial charge in [-0.15, -0.1) is 12.4 Å². The highest BCUT2D eigenvalue weighted by atomic mass is 35.5. The second-order valence-electron chi connectivity index (χ2n) is 6.37. The second-order valence-corrected chi connectivity index (χ2v) is 6.37. The lowest BCUT2D eigenvalue weighted by molar-refractivity contribution is -0.121. The Morgan fingerprint density at radius 1 is 1.33 bits per heavy atom. The van der Waals surface area contributed by atoms with Crippen LogP contribution in [-0.2, 0) is 4.79 Å². The van der Waals surface area contributed by atoms with E-state index in [4.69, 9.17) is 0 Å². The van der Waals surface area contributed by atoms with E-state index in [2.05, 4.69) is 27.8 Å². The number of urea groups is 1. The van der Waals surface area contributed by atoms with Gasteiger partial charge in [-0.1, -0.05) is 6.92 Å². The van der Waals surface area contributed by atoms with E-state index in [0.717, 1.165) is 32.5 Å². The zero-order valence-corrected chi connectivity index (χ0v) is 14.3. The van der Waals surface area contributed by atoms with Crippen molar-refractivity contribution in [3.63, 3.8) is 0 Å². The van der Waals surface area contributed by atoms with E-state index in [9.17, 15) is 9.59 Å². The molecule has 1 rings (SSSR count). The number of nitrogens with zero attached hydrogens (tertiary/aromatic N) is 1. The van der Waals surface area contributed by atoms with E-state index in [-0.39, 0.29) is 30.4 Å². The summed E-state index contributed by atoms with van der Waals surface area (Å²) < 4.78 is 0. The third kappa shape index (κ3) is 8.24. The lowest BCUT2D eigenvalue weighted by atomic mass is 10.1. The maximum atomic E-state index is 11.9. The topological polar surface area (TPSA) is 73.5 Å². The minimum absolute atomic E-state index is 0. The molecule has 0 aromatic carbocycles. The molecular weight excluding hydrogens is 292 g/mol. The van der Waals surface area contributed by atoms with Crippen LogP contribution in [0.1, 0.15) is 40.5 Å². The highest BCUT2D eigenvalue weighted by Gasteiger charge is 2.24. The first-order valence-electron chi connectivity index (χ1n) is 7.38. The summed E-state index contributed by atoms with van der Waals surface area (Å²) >= 11 is 0. The van der Waals surface area contributed by atoms with E-state index in [1.807, 2.05) is 20.8 Å². The fraction of sp³-hybridized carbons (Fsp3) is 0.857. The second kappa shape index (κ2) is 9.23. The molecule has 1 aliphatic heterocycles. The van der Waals surface area contributed by atoms with Crippen molar-refractivity contribution in [1.82, 2.24) is 20.9 Å². The van der Waals surface area contributed by atoms with E-state index in [0.29, 0.717) is 6.04 Å². The molecule has 3 N–H and O–H groups in total. The Morgan fingerprint density at radius 2 is 2.00 bits per heavy atom. The summed E-state index contributed by atoms with van der Waals surface area (Å²) in [5.74, 6) is -0.243. The highest BCUT2D eigenvalue weighted by Crippen LogP contribution is 2.08. The average molecular weight is 321 g/mol. The zero-order valence-electron chi connectivity index (χ0n) is 13.5. The quantitative estimate of drug-likeness (QED) is 0.709. The standard InChI is InChI=1S/C14H28N4O2.ClH/c1-5-8-18(11-6-7-15-9-11)10-12(19)16-13(20)17-14(2,3)4;/h11,15H,5-10H2,1-4H3,(H2,16,17,19,20);1H. The van der Waals surface area contributed by atoms with Crippen molar-refractivity contribution < 1.29 is 9.59 Å². The van der Waals surface area contributed by atoms with Gasteiger partial charge in [-0.05, 0) is 46.7 Å². The van der Waals surface area contributed by atoms with Crippen LogP contribution in [0.5, 0.6) is 0 Å². The molecule has 3 amide bonds. The minimum Gasteiger partial charge on any atom is -0.333 e. The van der Waals surface area contributed by atoms with Crippen molar-refractivity contribution in [2.24, 2.45) is 0 Å². The fourth-order valence-electron chi connectivity index (χ4n) is 2.35. The van der Waals surface area contributed by atoms with Gasteiger partial charge in [0.25, 0.3) is 0 Å². The Hall–Kier alpha value is -0.850. The Morgan fingerprint density at radius 3 is 2.48 bits per heavy atom. The smallest absolute Gasteiger partial charge is 0.321 e. The number of carbonyl (C=O) groups excluding carboxylic acids is 2. The molecule has 1 heterocycles. The Labute approximate surface area is 133 Å². The average Bonchev–Trinajstić information content (AvgIpc) is 2.78. The number of nitrogens with one attached hydrogen (secondary N) is 3. The number of amides is 3. The third-order valence-electron chi connectivity index (χ3n) is 3.15. The Balaban J connectivity index is 0.00000400. The lowest BCUT2D eigenvalue weighted by Crippen LogP contribution is -2.51. The molecule has 0 spiro atoms. The van der Waals surface area contributed by atoms with Crippen molar-refractivity contribution in [2.75, 3.05) is 26.2 Å². The van der Waals surface area contributed by atoms with E-state index in [1.165, 1.54) is 0 Å². The van der Waals surface area contributed by atoms with E-state index in [1.54, 1.807) is 0 Å². The van der Waals surface area contributed by atoms with Gasteiger partial charge in [0.15, 0.2) is 0 Å². The van der Waals surface area contributed by atoms with Gasteiger partial charge < -0.3 is 10.6 Å². The van der Waals surface area contributed by atoms with Crippen LogP contribution in [0.4, 0.5) is 4.79 Å². The predicted octanol–water partition coefficient (Wildman–Crippen LogP) is 1.11. The van der Waals surface area contributed by atoms with Gasteiger partial charge in [-0.3, -0.25) is 15.0 Å². The first-order chi connectivity index (χ1) is 9.31. The van der Waals surface area contributed by atoms with E-state index >= 15 is 0 Å². The van der Waals surface area contributed by atoms with Gasteiger partial charge in [0.05, 0.1) is 6.54 Å². The molecule has 0 bridgehead atoms. The third-order valence-corrected chi connectivity index (χ3v) is 3.15. The Kier molecular flexibility index (Phi) is 8.85. The molecule has 21 heavy (non-hydrogen) atoms. The molecule has 0 aliphatic carbocycles. The molecule has 1 saturated heterocycles. The number of carbonyl (C=O) groups is 2. The zero-order chi connectivity index (χ0) is 15.2. The first-order valence-corrected chi connectivity index (χ1v) is 7.38. The summed E-state index contributed by atoms with van der Waals surface area (Å²) in [7, 11) is 0. The van der Waals surface area contributed by atoms with Crippen LogP contribution in [0.15, 0.2) is 0 Å². The summed E-state index contributed by atoms with van der Waals surface area (Å²) in [6, 6.07) is -0.0325. The maximum Gasteiger partial charge on any atom is 0.321 e. The first kappa shape index (κ1) is 20.1. The van der Waals surface area contributed by atoms with Gasteiger partial charge in [-0.2, -0.15) is 0 Å². The van der Waals surface area contributed by atoms with Crippen molar-refractivity contribution in [3.8, 4) is 0 Å². The summed E-state index contributed by atoms with van der Waals surface area (Å²) in [5, 5.41) is 8.42. The summed E-state index contributed by atoms with van der Waals surface area (Å²) in [6.45, 7) is 10.8. The van der Waals surface area contributed by atoms with Crippen LogP contribution >= 0.6 is 12.4 Å². The molecule has 1 unspecified atom stereocenters. The maximum absolute atomic E-state index is 11.9. The molecule has 1 aliphatic rings. The molecule has 0 radical (unpaired) electrons. The predicted molar refractivity (Wildman–Crippen MR) is 86.8 cm³/mol. The van der Waals surface area contributed by atoms with Crippen molar-refractivity contribution in [3.05, 3.63) is 0 Å². The van der Waals surface area contributed by atoms with Crippen LogP contribution < -0.4 is 16.0 Å². The summed E-state index contributed by atoms with van der Waals surface area (Å²) in [5.41, 5.74) is -0.344. The normalized spacial score (nSPS) is 18.2. The van der Waals surface area contributed by atoms with Crippen LogP contribution in [-0.4, -0.2) is 54.6 Å². The van der Waals surface area contributed by atoms with Crippen molar-refractivity contribution in [1.29, 1.82) is 0 Å². The van der Waals surface area contributed by atoms with Gasteiger partial charge in [-0.25, -0.2) is 4.79 Å². The van der Waals surface area contributed by atoms with Crippen LogP contribution in [0, 0.1) is 0 Å². The molecule has 124 valence electrons.